The lowest BCUT2D eigenvalue weighted by Crippen LogP contribution is -2.01. The van der Waals surface area contributed by atoms with E-state index >= 15 is 0 Å². The second-order valence-electron chi connectivity index (χ2n) is 4.34. The molecule has 0 bridgehead atoms. The van der Waals surface area contributed by atoms with Gasteiger partial charge in [-0.25, -0.2) is 0 Å². The number of carbonyl (C=O) groups is 1. The van der Waals surface area contributed by atoms with Crippen LogP contribution in [0.1, 0.15) is 26.2 Å². The molecule has 0 N–H and O–H groups in total. The van der Waals surface area contributed by atoms with Gasteiger partial charge < -0.3 is 9.15 Å². The van der Waals surface area contributed by atoms with Crippen molar-refractivity contribution in [3.8, 4) is 11.6 Å². The lowest BCUT2D eigenvalue weighted by atomic mass is 10.3. The molecule has 0 saturated carbocycles. The van der Waals surface area contributed by atoms with Crippen molar-refractivity contribution in [2.45, 2.75) is 38.0 Å². The van der Waals surface area contributed by atoms with Crippen LogP contribution < -0.4 is 0 Å². The Morgan fingerprint density at radius 2 is 2.33 bits per heavy atom. The molecule has 0 unspecified atom stereocenters. The Labute approximate surface area is 127 Å². The average molecular weight is 310 g/mol. The zero-order valence-corrected chi connectivity index (χ0v) is 12.9. The molecule has 8 heteroatoms. The van der Waals surface area contributed by atoms with Crippen LogP contribution in [0.2, 0.25) is 0 Å². The number of nitrogens with zero attached hydrogens (tertiary/aromatic N) is 4. The van der Waals surface area contributed by atoms with Crippen molar-refractivity contribution in [1.29, 1.82) is 0 Å². The van der Waals surface area contributed by atoms with Crippen molar-refractivity contribution >= 4 is 17.7 Å². The molecular weight excluding hydrogens is 292 g/mol. The van der Waals surface area contributed by atoms with Gasteiger partial charge in [-0.1, -0.05) is 25.1 Å². The molecule has 0 saturated heterocycles. The molecule has 2 rings (SSSR count). The second-order valence-corrected chi connectivity index (χ2v) is 5.39. The van der Waals surface area contributed by atoms with Gasteiger partial charge in [0.15, 0.2) is 0 Å². The topological polar surface area (TPSA) is 83.0 Å². The molecule has 2 aromatic rings. The van der Waals surface area contributed by atoms with Crippen LogP contribution in [0.15, 0.2) is 21.9 Å². The molecule has 0 aliphatic rings. The third kappa shape index (κ3) is 4.32. The molecule has 0 amide bonds. The maximum atomic E-state index is 11.0. The van der Waals surface area contributed by atoms with Gasteiger partial charge in [0.05, 0.1) is 13.5 Å². The monoisotopic (exact) mass is 310 g/mol. The Morgan fingerprint density at radius 3 is 3.10 bits per heavy atom. The maximum absolute atomic E-state index is 11.0. The maximum Gasteiger partial charge on any atom is 0.306 e. The van der Waals surface area contributed by atoms with E-state index in [1.807, 2.05) is 10.7 Å². The van der Waals surface area contributed by atoms with Gasteiger partial charge in [-0.05, 0) is 12.5 Å². The number of ether oxygens (including phenoxy) is 1. The number of hydrogen-bond donors (Lipinski definition) is 0. The van der Waals surface area contributed by atoms with Gasteiger partial charge in [-0.15, -0.1) is 10.2 Å². The molecular formula is C13H18N4O3S. The van der Waals surface area contributed by atoms with Gasteiger partial charge in [0, 0.05) is 18.5 Å². The minimum absolute atomic E-state index is 0.250. The summed E-state index contributed by atoms with van der Waals surface area (Å²) in [5, 5.41) is 12.7. The first-order valence-corrected chi connectivity index (χ1v) is 7.78. The third-order valence-corrected chi connectivity index (χ3v) is 3.65. The average Bonchev–Trinajstić information content (AvgIpc) is 3.13. The molecule has 0 aromatic carbocycles. The fourth-order valence-corrected chi connectivity index (χ4v) is 2.38. The quantitative estimate of drug-likeness (QED) is 0.547. The minimum atomic E-state index is -0.250. The van der Waals surface area contributed by atoms with Crippen LogP contribution in [0, 0.1) is 0 Å². The normalized spacial score (nSPS) is 10.8. The first-order chi connectivity index (χ1) is 10.2. The molecule has 7 nitrogen and oxygen atoms in total. The van der Waals surface area contributed by atoms with Crippen LogP contribution in [-0.2, 0) is 16.1 Å². The molecule has 21 heavy (non-hydrogen) atoms. The smallest absolute Gasteiger partial charge is 0.306 e. The summed E-state index contributed by atoms with van der Waals surface area (Å²) in [6, 6.07) is 1.85. The van der Waals surface area contributed by atoms with Crippen molar-refractivity contribution in [3.63, 3.8) is 0 Å². The standard InChI is InChI=1S/C13H18N4O3S/c1-3-4-8-17-10(5-7-14-17)12-15-16-13(20-12)21-9-6-11(18)19-2/h5,7H,3-4,6,8-9H2,1-2H3. The highest BCUT2D eigenvalue weighted by atomic mass is 32.2. The molecule has 2 aromatic heterocycles. The van der Waals surface area contributed by atoms with E-state index < -0.39 is 0 Å². The lowest BCUT2D eigenvalue weighted by Gasteiger charge is -2.02. The Balaban J connectivity index is 1.96. The first kappa shape index (κ1) is 15.6. The second kappa shape index (κ2) is 7.82. The van der Waals surface area contributed by atoms with E-state index in [-0.39, 0.29) is 5.97 Å². The molecule has 0 radical (unpaired) electrons. The Kier molecular flexibility index (Phi) is 5.79. The van der Waals surface area contributed by atoms with Crippen LogP contribution in [-0.4, -0.2) is 38.8 Å². The predicted octanol–water partition coefficient (Wildman–Crippen LogP) is 2.39. The summed E-state index contributed by atoms with van der Waals surface area (Å²) in [4.78, 5) is 11.0. The third-order valence-electron chi connectivity index (χ3n) is 2.82. The number of hydrogen-bond acceptors (Lipinski definition) is 7. The van der Waals surface area contributed by atoms with Crippen molar-refractivity contribution in [2.24, 2.45) is 0 Å². The predicted molar refractivity (Wildman–Crippen MR) is 77.8 cm³/mol. The summed E-state index contributed by atoms with van der Waals surface area (Å²) in [6.07, 6.45) is 4.17. The number of esters is 1. The van der Waals surface area contributed by atoms with Crippen LogP contribution in [0.5, 0.6) is 0 Å². The summed E-state index contributed by atoms with van der Waals surface area (Å²) in [6.45, 7) is 2.96. The number of rotatable bonds is 8. The van der Waals surface area contributed by atoms with Crippen LogP contribution in [0.25, 0.3) is 11.6 Å². The van der Waals surface area contributed by atoms with E-state index in [2.05, 4.69) is 27.0 Å². The van der Waals surface area contributed by atoms with E-state index in [9.17, 15) is 4.79 Å². The number of unbranched alkanes of at least 4 members (excludes halogenated alkanes) is 1. The SMILES string of the molecule is CCCCn1nccc1-c1nnc(SCCC(=O)OC)o1. The Morgan fingerprint density at radius 1 is 1.48 bits per heavy atom. The highest BCUT2D eigenvalue weighted by Gasteiger charge is 2.14. The van der Waals surface area contributed by atoms with Crippen LogP contribution in [0.3, 0.4) is 0 Å². The fraction of sp³-hybridized carbons (Fsp3) is 0.538. The van der Waals surface area contributed by atoms with E-state index in [1.165, 1.54) is 18.9 Å². The van der Waals surface area contributed by atoms with E-state index in [0.717, 1.165) is 25.1 Å². The van der Waals surface area contributed by atoms with Crippen LogP contribution in [0.4, 0.5) is 0 Å². The van der Waals surface area contributed by atoms with Gasteiger partial charge in [0.2, 0.25) is 0 Å². The molecule has 0 aliphatic heterocycles. The Hall–Kier alpha value is -1.83. The van der Waals surface area contributed by atoms with Crippen molar-refractivity contribution in [2.75, 3.05) is 12.9 Å². The Bertz CT molecular complexity index is 581. The molecule has 2 heterocycles. The highest BCUT2D eigenvalue weighted by Crippen LogP contribution is 2.23. The number of methoxy groups -OCH3 is 1. The zero-order chi connectivity index (χ0) is 15.1. The first-order valence-electron chi connectivity index (χ1n) is 6.80. The van der Waals surface area contributed by atoms with E-state index in [0.29, 0.717) is 23.3 Å². The summed E-state index contributed by atoms with van der Waals surface area (Å²) >= 11 is 1.34. The van der Waals surface area contributed by atoms with Crippen molar-refractivity contribution in [3.05, 3.63) is 12.3 Å². The van der Waals surface area contributed by atoms with Gasteiger partial charge in [0.25, 0.3) is 11.1 Å². The minimum Gasteiger partial charge on any atom is -0.469 e. The summed E-state index contributed by atoms with van der Waals surface area (Å²) in [7, 11) is 1.37. The molecule has 0 atom stereocenters. The van der Waals surface area contributed by atoms with Gasteiger partial charge >= 0.3 is 5.97 Å². The zero-order valence-electron chi connectivity index (χ0n) is 12.1. The molecule has 114 valence electrons. The van der Waals surface area contributed by atoms with Crippen LogP contribution >= 0.6 is 11.8 Å². The number of carbonyl (C=O) groups excluding carboxylic acids is 1. The lowest BCUT2D eigenvalue weighted by molar-refractivity contribution is -0.140. The van der Waals surface area contributed by atoms with Crippen molar-refractivity contribution in [1.82, 2.24) is 20.0 Å². The van der Waals surface area contributed by atoms with Gasteiger partial charge in [-0.3, -0.25) is 9.48 Å². The molecule has 0 spiro atoms. The van der Waals surface area contributed by atoms with Gasteiger partial charge in [0.1, 0.15) is 5.69 Å². The van der Waals surface area contributed by atoms with Crippen molar-refractivity contribution < 1.29 is 13.9 Å². The van der Waals surface area contributed by atoms with E-state index in [1.54, 1.807) is 6.20 Å². The number of aryl methyl sites for hydroxylation is 1. The number of aromatic nitrogens is 4. The highest BCUT2D eigenvalue weighted by molar-refractivity contribution is 7.99. The molecule has 0 aliphatic carbocycles. The number of thioether (sulfide) groups is 1. The summed E-state index contributed by atoms with van der Waals surface area (Å²) in [5.74, 6) is 0.743. The van der Waals surface area contributed by atoms with E-state index in [4.69, 9.17) is 4.42 Å². The fourth-order valence-electron chi connectivity index (χ4n) is 1.70. The molecule has 0 fully saturated rings. The van der Waals surface area contributed by atoms with Gasteiger partial charge in [-0.2, -0.15) is 5.10 Å². The summed E-state index contributed by atoms with van der Waals surface area (Å²) < 4.78 is 12.0. The summed E-state index contributed by atoms with van der Waals surface area (Å²) in [5.41, 5.74) is 0.816. The largest absolute Gasteiger partial charge is 0.469 e.